The molecule has 0 radical (unpaired) electrons. The van der Waals surface area contributed by atoms with Gasteiger partial charge in [0.05, 0.1) is 25.7 Å². The fraction of sp³-hybridized carbons (Fsp3) is 0.289. The molecule has 49 heavy (non-hydrogen) atoms. The predicted octanol–water partition coefficient (Wildman–Crippen LogP) is 10.6. The molecule has 0 saturated carbocycles. The second kappa shape index (κ2) is 18.9. The van der Waals surface area contributed by atoms with Gasteiger partial charge in [-0.1, -0.05) is 68.7 Å². The zero-order chi connectivity index (χ0) is 34.1. The number of hydrogen-bond donors (Lipinski definition) is 0. The number of benzene rings is 4. The van der Waals surface area contributed by atoms with Crippen LogP contribution in [0.3, 0.4) is 0 Å². The van der Waals surface area contributed by atoms with Crippen molar-refractivity contribution in [1.29, 1.82) is 0 Å². The summed E-state index contributed by atoms with van der Waals surface area (Å²) in [4.78, 5) is 0. The van der Waals surface area contributed by atoms with Crippen LogP contribution in [0.4, 0.5) is 0 Å². The first kappa shape index (κ1) is 35.0. The van der Waals surface area contributed by atoms with Crippen LogP contribution in [0.2, 0.25) is 0 Å². The standard InChI is InChI=1S/C45H46O4/c1-4-7-10-13-45(47-6-3)49-42-26-20-36(21-27-42)15-17-38-23-29-44-40(33-38)34-39-32-37(22-28-43(39)44)16-14-35-18-24-41(25-19-35)48-31-12-9-8-11-30-46-5-2/h5-6,18-29,32-33,45H,2-4,7-13,30-31,34H2,1H3. The van der Waals surface area contributed by atoms with Crippen LogP contribution in [-0.4, -0.2) is 19.5 Å². The van der Waals surface area contributed by atoms with E-state index in [1.807, 2.05) is 48.5 Å². The Kier molecular flexibility index (Phi) is 13.5. The van der Waals surface area contributed by atoms with Crippen molar-refractivity contribution in [1.82, 2.24) is 0 Å². The van der Waals surface area contributed by atoms with Gasteiger partial charge >= 0.3 is 0 Å². The van der Waals surface area contributed by atoms with E-state index in [9.17, 15) is 0 Å². The van der Waals surface area contributed by atoms with E-state index in [1.165, 1.54) is 34.8 Å². The highest BCUT2D eigenvalue weighted by atomic mass is 16.7. The van der Waals surface area contributed by atoms with Gasteiger partial charge in [-0.05, 0) is 134 Å². The van der Waals surface area contributed by atoms with Crippen molar-refractivity contribution in [3.63, 3.8) is 0 Å². The van der Waals surface area contributed by atoms with Crippen molar-refractivity contribution >= 4 is 0 Å². The van der Waals surface area contributed by atoms with E-state index in [4.69, 9.17) is 18.9 Å². The van der Waals surface area contributed by atoms with Gasteiger partial charge in [-0.3, -0.25) is 0 Å². The number of rotatable bonds is 17. The van der Waals surface area contributed by atoms with Crippen molar-refractivity contribution in [3.05, 3.63) is 144 Å². The maximum absolute atomic E-state index is 6.02. The van der Waals surface area contributed by atoms with E-state index in [0.29, 0.717) is 0 Å². The SMILES string of the molecule is C=COCCCCCCOc1ccc(C#Cc2ccc3c(c2)Cc2cc(C#Cc4ccc(OC(CCCCC)OC=C)cc4)ccc2-3)cc1. The first-order valence-electron chi connectivity index (χ1n) is 17.4. The molecule has 250 valence electrons. The van der Waals surface area contributed by atoms with Gasteiger partial charge in [0, 0.05) is 28.7 Å². The van der Waals surface area contributed by atoms with Gasteiger partial charge in [-0.2, -0.15) is 0 Å². The lowest BCUT2D eigenvalue weighted by Gasteiger charge is -2.18. The highest BCUT2D eigenvalue weighted by Crippen LogP contribution is 2.37. The molecule has 0 fully saturated rings. The van der Waals surface area contributed by atoms with Gasteiger partial charge in [0.25, 0.3) is 0 Å². The minimum absolute atomic E-state index is 0.322. The number of ether oxygens (including phenoxy) is 4. The summed E-state index contributed by atoms with van der Waals surface area (Å²) < 4.78 is 22.6. The Morgan fingerprint density at radius 1 is 0.612 bits per heavy atom. The van der Waals surface area contributed by atoms with Crippen LogP contribution in [0.15, 0.2) is 111 Å². The third kappa shape index (κ3) is 10.9. The summed E-state index contributed by atoms with van der Waals surface area (Å²) >= 11 is 0. The molecule has 5 rings (SSSR count). The average Bonchev–Trinajstić information content (AvgIpc) is 3.49. The van der Waals surface area contributed by atoms with Crippen molar-refractivity contribution in [2.75, 3.05) is 13.2 Å². The van der Waals surface area contributed by atoms with Gasteiger partial charge < -0.3 is 18.9 Å². The molecule has 4 aromatic carbocycles. The summed E-state index contributed by atoms with van der Waals surface area (Å²) in [6, 6.07) is 28.9. The molecule has 0 N–H and O–H groups in total. The lowest BCUT2D eigenvalue weighted by atomic mass is 10.0. The minimum atomic E-state index is -0.322. The Hall–Kier alpha value is -5.32. The summed E-state index contributed by atoms with van der Waals surface area (Å²) in [7, 11) is 0. The van der Waals surface area contributed by atoms with Crippen LogP contribution in [-0.2, 0) is 15.9 Å². The summed E-state index contributed by atoms with van der Waals surface area (Å²) in [5.41, 5.74) is 9.06. The van der Waals surface area contributed by atoms with Gasteiger partial charge in [-0.15, -0.1) is 0 Å². The molecule has 0 bridgehead atoms. The third-order valence-electron chi connectivity index (χ3n) is 8.39. The zero-order valence-corrected chi connectivity index (χ0v) is 28.6. The number of unbranched alkanes of at least 4 members (excludes halogenated alkanes) is 5. The molecule has 1 unspecified atom stereocenters. The van der Waals surface area contributed by atoms with Crippen LogP contribution in [0, 0.1) is 23.7 Å². The Morgan fingerprint density at radius 3 is 1.73 bits per heavy atom. The fourth-order valence-corrected chi connectivity index (χ4v) is 5.80. The quantitative estimate of drug-likeness (QED) is 0.0434. The molecule has 4 nitrogen and oxygen atoms in total. The molecule has 1 aliphatic rings. The van der Waals surface area contributed by atoms with Crippen molar-refractivity contribution in [3.8, 4) is 46.3 Å². The predicted molar refractivity (Wildman–Crippen MR) is 199 cm³/mol. The first-order chi connectivity index (χ1) is 24.1. The van der Waals surface area contributed by atoms with Crippen LogP contribution < -0.4 is 9.47 Å². The van der Waals surface area contributed by atoms with Crippen LogP contribution in [0.1, 0.15) is 91.7 Å². The highest BCUT2D eigenvalue weighted by molar-refractivity contribution is 5.78. The molecule has 0 aliphatic heterocycles. The Balaban J connectivity index is 1.13. The van der Waals surface area contributed by atoms with E-state index in [2.05, 4.69) is 80.2 Å². The molecule has 0 saturated heterocycles. The van der Waals surface area contributed by atoms with Gasteiger partial charge in [-0.25, -0.2) is 0 Å². The van der Waals surface area contributed by atoms with Crippen molar-refractivity contribution < 1.29 is 18.9 Å². The van der Waals surface area contributed by atoms with E-state index < -0.39 is 0 Å². The van der Waals surface area contributed by atoms with Crippen molar-refractivity contribution in [2.24, 2.45) is 0 Å². The summed E-state index contributed by atoms with van der Waals surface area (Å²) in [6.45, 7) is 10.9. The molecule has 0 heterocycles. The average molecular weight is 651 g/mol. The molecule has 0 spiro atoms. The van der Waals surface area contributed by atoms with Gasteiger partial charge in [0.1, 0.15) is 11.5 Å². The summed E-state index contributed by atoms with van der Waals surface area (Å²) in [5.74, 6) is 14.9. The number of hydrogen-bond acceptors (Lipinski definition) is 4. The second-order valence-electron chi connectivity index (χ2n) is 12.1. The largest absolute Gasteiger partial charge is 0.502 e. The maximum Gasteiger partial charge on any atom is 0.240 e. The molecule has 1 aliphatic carbocycles. The zero-order valence-electron chi connectivity index (χ0n) is 28.6. The second-order valence-corrected chi connectivity index (χ2v) is 12.1. The lowest BCUT2D eigenvalue weighted by Crippen LogP contribution is -2.18. The van der Waals surface area contributed by atoms with E-state index in [0.717, 1.165) is 105 Å². The van der Waals surface area contributed by atoms with E-state index >= 15 is 0 Å². The first-order valence-corrected chi connectivity index (χ1v) is 17.4. The normalized spacial score (nSPS) is 11.4. The molecular weight excluding hydrogens is 604 g/mol. The van der Waals surface area contributed by atoms with Crippen LogP contribution in [0.5, 0.6) is 11.5 Å². The number of fused-ring (bicyclic) bond motifs is 3. The fourth-order valence-electron chi connectivity index (χ4n) is 5.80. The summed E-state index contributed by atoms with van der Waals surface area (Å²) in [6.07, 6.45) is 12.1. The molecule has 4 heteroatoms. The highest BCUT2D eigenvalue weighted by Gasteiger charge is 2.18. The Morgan fingerprint density at radius 2 is 1.16 bits per heavy atom. The molecule has 0 aromatic heterocycles. The lowest BCUT2D eigenvalue weighted by molar-refractivity contribution is -0.0359. The van der Waals surface area contributed by atoms with Crippen LogP contribution in [0.25, 0.3) is 11.1 Å². The molecule has 1 atom stereocenters. The summed E-state index contributed by atoms with van der Waals surface area (Å²) in [5, 5.41) is 0. The Bertz CT molecular complexity index is 1800. The Labute approximate surface area is 292 Å². The topological polar surface area (TPSA) is 36.9 Å². The maximum atomic E-state index is 6.02. The molecule has 4 aromatic rings. The van der Waals surface area contributed by atoms with E-state index in [-0.39, 0.29) is 6.29 Å². The van der Waals surface area contributed by atoms with E-state index in [1.54, 1.807) is 0 Å². The molecule has 0 amide bonds. The van der Waals surface area contributed by atoms with Gasteiger partial charge in [0.2, 0.25) is 6.29 Å². The minimum Gasteiger partial charge on any atom is -0.502 e. The third-order valence-corrected chi connectivity index (χ3v) is 8.39. The van der Waals surface area contributed by atoms with Crippen LogP contribution >= 0.6 is 0 Å². The van der Waals surface area contributed by atoms with Gasteiger partial charge in [0.15, 0.2) is 0 Å². The van der Waals surface area contributed by atoms with Crippen molar-refractivity contribution in [2.45, 2.75) is 71.0 Å². The molecular formula is C45H46O4. The monoisotopic (exact) mass is 650 g/mol. The smallest absolute Gasteiger partial charge is 0.240 e.